The molecule has 112 valence electrons. The van der Waals surface area contributed by atoms with Crippen LogP contribution in [0.5, 0.6) is 0 Å². The molecule has 0 spiro atoms. The van der Waals surface area contributed by atoms with Crippen LogP contribution < -0.4 is 5.32 Å². The van der Waals surface area contributed by atoms with Crippen molar-refractivity contribution < 1.29 is 9.13 Å². The molecule has 0 saturated carbocycles. The van der Waals surface area contributed by atoms with E-state index >= 15 is 0 Å². The van der Waals surface area contributed by atoms with Crippen LogP contribution in [0.3, 0.4) is 0 Å². The predicted octanol–water partition coefficient (Wildman–Crippen LogP) is 1.99. The lowest BCUT2D eigenvalue weighted by Crippen LogP contribution is -2.46. The minimum absolute atomic E-state index is 0.158. The second kappa shape index (κ2) is 7.72. The quantitative estimate of drug-likeness (QED) is 0.807. The Labute approximate surface area is 121 Å². The van der Waals surface area contributed by atoms with E-state index in [1.807, 2.05) is 13.0 Å². The van der Waals surface area contributed by atoms with Gasteiger partial charge in [-0.25, -0.2) is 4.39 Å². The lowest BCUT2D eigenvalue weighted by molar-refractivity contribution is -0.0251. The lowest BCUT2D eigenvalue weighted by atomic mass is 10.1. The van der Waals surface area contributed by atoms with Gasteiger partial charge in [-0.15, -0.1) is 0 Å². The maximum atomic E-state index is 13.0. The molecule has 0 bridgehead atoms. The summed E-state index contributed by atoms with van der Waals surface area (Å²) in [5.74, 6) is -0.158. The van der Waals surface area contributed by atoms with Crippen molar-refractivity contribution in [2.24, 2.45) is 0 Å². The summed E-state index contributed by atoms with van der Waals surface area (Å²) in [7, 11) is 0. The summed E-state index contributed by atoms with van der Waals surface area (Å²) in [4.78, 5) is 2.42. The number of morpholine rings is 1. The Kier molecular flexibility index (Phi) is 5.95. The van der Waals surface area contributed by atoms with Crippen LogP contribution in [0.2, 0.25) is 0 Å². The van der Waals surface area contributed by atoms with Gasteiger partial charge in [-0.1, -0.05) is 13.0 Å². The van der Waals surface area contributed by atoms with Crippen molar-refractivity contribution in [1.82, 2.24) is 10.2 Å². The Balaban J connectivity index is 1.68. The topological polar surface area (TPSA) is 24.5 Å². The van der Waals surface area contributed by atoms with Crippen LogP contribution in [0.1, 0.15) is 18.1 Å². The SMILES string of the molecule is CCN1CCOC(CNCCc2ccc(F)cc2C)C1. The summed E-state index contributed by atoms with van der Waals surface area (Å²) in [6.45, 7) is 9.91. The molecule has 0 radical (unpaired) electrons. The molecule has 3 nitrogen and oxygen atoms in total. The first-order valence-corrected chi connectivity index (χ1v) is 7.48. The molecule has 1 saturated heterocycles. The third-order valence-electron chi connectivity index (χ3n) is 3.92. The third kappa shape index (κ3) is 4.54. The Morgan fingerprint density at radius 3 is 3.05 bits per heavy atom. The van der Waals surface area contributed by atoms with Gasteiger partial charge in [0.2, 0.25) is 0 Å². The zero-order chi connectivity index (χ0) is 14.4. The first-order valence-electron chi connectivity index (χ1n) is 7.48. The minimum atomic E-state index is -0.158. The molecule has 1 atom stereocenters. The van der Waals surface area contributed by atoms with Crippen molar-refractivity contribution in [1.29, 1.82) is 0 Å². The first-order chi connectivity index (χ1) is 9.69. The van der Waals surface area contributed by atoms with Crippen LogP contribution >= 0.6 is 0 Å². The van der Waals surface area contributed by atoms with Crippen molar-refractivity contribution in [2.75, 3.05) is 39.3 Å². The van der Waals surface area contributed by atoms with Crippen LogP contribution in [0.4, 0.5) is 4.39 Å². The summed E-state index contributed by atoms with van der Waals surface area (Å²) in [6, 6.07) is 5.01. The third-order valence-corrected chi connectivity index (χ3v) is 3.92. The molecule has 0 aliphatic carbocycles. The molecule has 0 aromatic heterocycles. The molecule has 0 amide bonds. The first kappa shape index (κ1) is 15.4. The fraction of sp³-hybridized carbons (Fsp3) is 0.625. The predicted molar refractivity (Wildman–Crippen MR) is 79.6 cm³/mol. The van der Waals surface area contributed by atoms with E-state index in [0.29, 0.717) is 0 Å². The Hall–Kier alpha value is -0.970. The summed E-state index contributed by atoms with van der Waals surface area (Å²) in [5.41, 5.74) is 2.23. The molecule has 1 aliphatic rings. The van der Waals surface area contributed by atoms with Gasteiger partial charge in [-0.2, -0.15) is 0 Å². The minimum Gasteiger partial charge on any atom is -0.374 e. The van der Waals surface area contributed by atoms with Gasteiger partial charge in [0.05, 0.1) is 12.7 Å². The number of halogens is 1. The average Bonchev–Trinajstić information content (AvgIpc) is 2.45. The Morgan fingerprint density at radius 2 is 2.30 bits per heavy atom. The highest BCUT2D eigenvalue weighted by Crippen LogP contribution is 2.10. The van der Waals surface area contributed by atoms with Gasteiger partial charge in [-0.3, -0.25) is 4.90 Å². The number of nitrogens with one attached hydrogen (secondary N) is 1. The van der Waals surface area contributed by atoms with E-state index < -0.39 is 0 Å². The zero-order valence-corrected chi connectivity index (χ0v) is 12.5. The highest BCUT2D eigenvalue weighted by molar-refractivity contribution is 5.26. The average molecular weight is 280 g/mol. The molecular weight excluding hydrogens is 255 g/mol. The molecule has 1 unspecified atom stereocenters. The van der Waals surface area contributed by atoms with E-state index in [9.17, 15) is 4.39 Å². The van der Waals surface area contributed by atoms with E-state index in [0.717, 1.165) is 51.3 Å². The lowest BCUT2D eigenvalue weighted by Gasteiger charge is -2.32. The van der Waals surface area contributed by atoms with Gasteiger partial charge in [0.15, 0.2) is 0 Å². The molecule has 1 fully saturated rings. The van der Waals surface area contributed by atoms with E-state index in [2.05, 4.69) is 17.1 Å². The fourth-order valence-electron chi connectivity index (χ4n) is 2.62. The second-order valence-corrected chi connectivity index (χ2v) is 5.41. The molecular formula is C16H25FN2O. The number of aryl methyl sites for hydroxylation is 1. The summed E-state index contributed by atoms with van der Waals surface area (Å²) < 4.78 is 18.8. The number of hydrogen-bond donors (Lipinski definition) is 1. The fourth-order valence-corrected chi connectivity index (χ4v) is 2.62. The molecule has 1 aromatic carbocycles. The van der Waals surface area contributed by atoms with Gasteiger partial charge in [0.25, 0.3) is 0 Å². The normalized spacial score (nSPS) is 20.2. The van der Waals surface area contributed by atoms with E-state index in [4.69, 9.17) is 4.74 Å². The standard InChI is InChI=1S/C16H25FN2O/c1-3-19-8-9-20-16(12-19)11-18-7-6-14-4-5-15(17)10-13(14)2/h4-5,10,16,18H,3,6-9,11-12H2,1-2H3. The molecule has 4 heteroatoms. The number of hydrogen-bond acceptors (Lipinski definition) is 3. The van der Waals surface area contributed by atoms with Gasteiger partial charge >= 0.3 is 0 Å². The van der Waals surface area contributed by atoms with Crippen LogP contribution in [-0.4, -0.2) is 50.3 Å². The summed E-state index contributed by atoms with van der Waals surface area (Å²) >= 11 is 0. The van der Waals surface area contributed by atoms with Crippen LogP contribution in [-0.2, 0) is 11.2 Å². The maximum Gasteiger partial charge on any atom is 0.123 e. The van der Waals surface area contributed by atoms with Crippen molar-refractivity contribution in [3.8, 4) is 0 Å². The van der Waals surface area contributed by atoms with E-state index in [1.165, 1.54) is 11.6 Å². The largest absolute Gasteiger partial charge is 0.374 e. The smallest absolute Gasteiger partial charge is 0.123 e. The molecule has 1 aromatic rings. The summed E-state index contributed by atoms with van der Waals surface area (Å²) in [6.07, 6.45) is 1.22. The molecule has 1 heterocycles. The van der Waals surface area contributed by atoms with Gasteiger partial charge in [-0.05, 0) is 49.7 Å². The van der Waals surface area contributed by atoms with Crippen LogP contribution in [0.25, 0.3) is 0 Å². The number of benzene rings is 1. The number of rotatable bonds is 6. The zero-order valence-electron chi connectivity index (χ0n) is 12.5. The van der Waals surface area contributed by atoms with Crippen molar-refractivity contribution >= 4 is 0 Å². The van der Waals surface area contributed by atoms with E-state index in [1.54, 1.807) is 6.07 Å². The molecule has 1 aliphatic heterocycles. The number of ether oxygens (including phenoxy) is 1. The molecule has 20 heavy (non-hydrogen) atoms. The number of likely N-dealkylation sites (N-methyl/N-ethyl adjacent to an activating group) is 1. The van der Waals surface area contributed by atoms with E-state index in [-0.39, 0.29) is 11.9 Å². The summed E-state index contributed by atoms with van der Waals surface area (Å²) in [5, 5.41) is 3.44. The second-order valence-electron chi connectivity index (χ2n) is 5.41. The maximum absolute atomic E-state index is 13.0. The van der Waals surface area contributed by atoms with Crippen molar-refractivity contribution in [2.45, 2.75) is 26.4 Å². The van der Waals surface area contributed by atoms with Crippen molar-refractivity contribution in [3.63, 3.8) is 0 Å². The molecule has 2 rings (SSSR count). The monoisotopic (exact) mass is 280 g/mol. The number of nitrogens with zero attached hydrogens (tertiary/aromatic N) is 1. The van der Waals surface area contributed by atoms with Gasteiger partial charge < -0.3 is 10.1 Å². The Morgan fingerprint density at radius 1 is 1.45 bits per heavy atom. The van der Waals surface area contributed by atoms with Crippen molar-refractivity contribution in [3.05, 3.63) is 35.1 Å². The molecule has 1 N–H and O–H groups in total. The Bertz CT molecular complexity index is 425. The van der Waals surface area contributed by atoms with Crippen LogP contribution in [0.15, 0.2) is 18.2 Å². The van der Waals surface area contributed by atoms with Gasteiger partial charge in [0, 0.05) is 19.6 Å². The van der Waals surface area contributed by atoms with Crippen LogP contribution in [0, 0.1) is 12.7 Å². The highest BCUT2D eigenvalue weighted by Gasteiger charge is 2.18. The highest BCUT2D eigenvalue weighted by atomic mass is 19.1. The van der Waals surface area contributed by atoms with Gasteiger partial charge in [0.1, 0.15) is 5.82 Å².